The highest BCUT2D eigenvalue weighted by Gasteiger charge is 2.26. The molecular formula is C20H18INO7. The summed E-state index contributed by atoms with van der Waals surface area (Å²) in [6.45, 7) is 4.01. The zero-order valence-electron chi connectivity index (χ0n) is 15.8. The molecule has 1 aromatic heterocycles. The van der Waals surface area contributed by atoms with E-state index in [-0.39, 0.29) is 24.8 Å². The number of aliphatic imine (C=N–C) groups is 1. The van der Waals surface area contributed by atoms with Crippen LogP contribution in [-0.2, 0) is 19.1 Å². The quantitative estimate of drug-likeness (QED) is 0.304. The van der Waals surface area contributed by atoms with Gasteiger partial charge in [-0.3, -0.25) is 0 Å². The van der Waals surface area contributed by atoms with E-state index in [0.29, 0.717) is 33.0 Å². The molecule has 0 amide bonds. The second-order valence-corrected chi connectivity index (χ2v) is 6.83. The molecule has 152 valence electrons. The maximum absolute atomic E-state index is 12.1. The standard InChI is InChI=1S/C20H18INO7/c1-3-25-16-10-12(8-13(21)18(16)28-11-17(23)26-4-2)9-14-20(24)29-19(22-14)15-6-5-7-27-15/h5-10H,3-4,11H2,1-2H3/b14-9-. The molecule has 0 N–H and O–H groups in total. The molecular weight excluding hydrogens is 493 g/mol. The molecule has 3 rings (SSSR count). The van der Waals surface area contributed by atoms with Gasteiger partial charge in [0.2, 0.25) is 0 Å². The van der Waals surface area contributed by atoms with E-state index in [1.54, 1.807) is 37.3 Å². The molecule has 0 fully saturated rings. The van der Waals surface area contributed by atoms with Crippen LogP contribution < -0.4 is 9.47 Å². The van der Waals surface area contributed by atoms with E-state index in [2.05, 4.69) is 27.6 Å². The van der Waals surface area contributed by atoms with Crippen molar-refractivity contribution in [1.82, 2.24) is 0 Å². The Morgan fingerprint density at radius 1 is 1.24 bits per heavy atom. The van der Waals surface area contributed by atoms with Crippen LogP contribution >= 0.6 is 22.6 Å². The highest BCUT2D eigenvalue weighted by atomic mass is 127. The molecule has 0 atom stereocenters. The van der Waals surface area contributed by atoms with Gasteiger partial charge in [-0.15, -0.1) is 0 Å². The van der Waals surface area contributed by atoms with Crippen molar-refractivity contribution < 1.29 is 33.0 Å². The number of nitrogens with zero attached hydrogens (tertiary/aromatic N) is 1. The van der Waals surface area contributed by atoms with Gasteiger partial charge in [0.1, 0.15) is 0 Å². The summed E-state index contributed by atoms with van der Waals surface area (Å²) < 4.78 is 27.2. The first-order chi connectivity index (χ1) is 14.0. The predicted molar refractivity (Wildman–Crippen MR) is 112 cm³/mol. The lowest BCUT2D eigenvalue weighted by Gasteiger charge is -2.14. The van der Waals surface area contributed by atoms with Gasteiger partial charge >= 0.3 is 11.9 Å². The topological polar surface area (TPSA) is 96.6 Å². The maximum atomic E-state index is 12.1. The number of hydrogen-bond donors (Lipinski definition) is 0. The molecule has 1 aromatic carbocycles. The molecule has 1 aliphatic rings. The minimum atomic E-state index is -0.577. The van der Waals surface area contributed by atoms with Crippen molar-refractivity contribution in [1.29, 1.82) is 0 Å². The van der Waals surface area contributed by atoms with Gasteiger partial charge in [0.05, 0.1) is 23.0 Å². The Morgan fingerprint density at radius 2 is 2.07 bits per heavy atom. The highest BCUT2D eigenvalue weighted by molar-refractivity contribution is 14.1. The van der Waals surface area contributed by atoms with E-state index in [4.69, 9.17) is 23.4 Å². The van der Waals surface area contributed by atoms with Crippen LogP contribution in [0.4, 0.5) is 0 Å². The van der Waals surface area contributed by atoms with Gasteiger partial charge < -0.3 is 23.4 Å². The summed E-state index contributed by atoms with van der Waals surface area (Å²) in [5.74, 6) is 0.306. The van der Waals surface area contributed by atoms with Gasteiger partial charge in [0, 0.05) is 0 Å². The van der Waals surface area contributed by atoms with Crippen LogP contribution in [0, 0.1) is 3.57 Å². The third kappa shape index (κ3) is 5.17. The summed E-state index contributed by atoms with van der Waals surface area (Å²) in [6.07, 6.45) is 3.05. The van der Waals surface area contributed by atoms with Crippen molar-refractivity contribution in [2.75, 3.05) is 19.8 Å². The Hall–Kier alpha value is -2.82. The van der Waals surface area contributed by atoms with Crippen molar-refractivity contribution in [3.05, 3.63) is 51.1 Å². The largest absolute Gasteiger partial charge is 0.490 e. The molecule has 0 unspecified atom stereocenters. The number of benzene rings is 1. The van der Waals surface area contributed by atoms with E-state index in [1.165, 1.54) is 6.26 Å². The Bertz CT molecular complexity index is 963. The first kappa shape index (κ1) is 20.9. The van der Waals surface area contributed by atoms with Crippen molar-refractivity contribution >= 4 is 46.5 Å². The van der Waals surface area contributed by atoms with Crippen LogP contribution in [-0.4, -0.2) is 37.7 Å². The first-order valence-electron chi connectivity index (χ1n) is 8.83. The number of hydrogen-bond acceptors (Lipinski definition) is 8. The smallest absolute Gasteiger partial charge is 0.363 e. The summed E-state index contributed by atoms with van der Waals surface area (Å²) >= 11 is 2.07. The van der Waals surface area contributed by atoms with Crippen molar-refractivity contribution in [2.45, 2.75) is 13.8 Å². The molecule has 0 radical (unpaired) electrons. The maximum Gasteiger partial charge on any atom is 0.363 e. The summed E-state index contributed by atoms with van der Waals surface area (Å²) in [6, 6.07) is 6.82. The van der Waals surface area contributed by atoms with Crippen LogP contribution in [0.25, 0.3) is 6.08 Å². The number of halogens is 1. The van der Waals surface area contributed by atoms with Gasteiger partial charge in [-0.05, 0) is 72.3 Å². The fourth-order valence-corrected chi connectivity index (χ4v) is 3.26. The second kappa shape index (κ2) is 9.59. The van der Waals surface area contributed by atoms with E-state index in [9.17, 15) is 9.59 Å². The summed E-state index contributed by atoms with van der Waals surface area (Å²) in [5.41, 5.74) is 0.799. The number of rotatable bonds is 8. The van der Waals surface area contributed by atoms with Crippen LogP contribution in [0.15, 0.2) is 45.6 Å². The third-order valence-electron chi connectivity index (χ3n) is 3.63. The van der Waals surface area contributed by atoms with Crippen LogP contribution in [0.3, 0.4) is 0 Å². The average molecular weight is 511 g/mol. The van der Waals surface area contributed by atoms with E-state index < -0.39 is 11.9 Å². The van der Waals surface area contributed by atoms with Gasteiger partial charge in [0.15, 0.2) is 29.6 Å². The number of esters is 2. The Kier molecular flexibility index (Phi) is 6.91. The lowest BCUT2D eigenvalue weighted by molar-refractivity contribution is -0.145. The molecule has 0 saturated carbocycles. The molecule has 2 heterocycles. The van der Waals surface area contributed by atoms with Gasteiger partial charge in [-0.2, -0.15) is 0 Å². The van der Waals surface area contributed by atoms with Crippen molar-refractivity contribution in [3.63, 3.8) is 0 Å². The summed E-state index contributed by atoms with van der Waals surface area (Å²) in [4.78, 5) is 27.9. The van der Waals surface area contributed by atoms with Crippen LogP contribution in [0.1, 0.15) is 25.2 Å². The Labute approximate surface area is 180 Å². The minimum absolute atomic E-state index is 0.111. The lowest BCUT2D eigenvalue weighted by atomic mass is 10.1. The average Bonchev–Trinajstić information content (AvgIpc) is 3.32. The fraction of sp³-hybridized carbons (Fsp3) is 0.250. The monoisotopic (exact) mass is 511 g/mol. The van der Waals surface area contributed by atoms with Crippen molar-refractivity contribution in [2.24, 2.45) is 4.99 Å². The Morgan fingerprint density at radius 3 is 2.76 bits per heavy atom. The van der Waals surface area contributed by atoms with Gasteiger partial charge in [0.25, 0.3) is 5.90 Å². The second-order valence-electron chi connectivity index (χ2n) is 5.67. The van der Waals surface area contributed by atoms with Crippen LogP contribution in [0.5, 0.6) is 11.5 Å². The molecule has 8 nitrogen and oxygen atoms in total. The summed E-state index contributed by atoms with van der Waals surface area (Å²) in [7, 11) is 0. The number of cyclic esters (lactones) is 1. The molecule has 1 aliphatic heterocycles. The SMILES string of the molecule is CCOC(=O)COc1c(I)cc(/C=C2\N=C(c3ccco3)OC2=O)cc1OCC. The zero-order valence-corrected chi connectivity index (χ0v) is 17.9. The number of furan rings is 1. The first-order valence-corrected chi connectivity index (χ1v) is 9.90. The third-order valence-corrected chi connectivity index (χ3v) is 4.43. The summed E-state index contributed by atoms with van der Waals surface area (Å²) in [5, 5.41) is 0. The Balaban J connectivity index is 1.87. The number of carbonyl (C=O) groups is 2. The molecule has 0 aliphatic carbocycles. The van der Waals surface area contributed by atoms with Gasteiger partial charge in [-0.25, -0.2) is 14.6 Å². The molecule has 0 spiro atoms. The molecule has 0 bridgehead atoms. The molecule has 9 heteroatoms. The molecule has 0 saturated heterocycles. The number of carbonyl (C=O) groups excluding carboxylic acids is 2. The van der Waals surface area contributed by atoms with E-state index in [0.717, 1.165) is 0 Å². The van der Waals surface area contributed by atoms with E-state index >= 15 is 0 Å². The minimum Gasteiger partial charge on any atom is -0.490 e. The van der Waals surface area contributed by atoms with Crippen molar-refractivity contribution in [3.8, 4) is 11.5 Å². The highest BCUT2D eigenvalue weighted by Crippen LogP contribution is 2.35. The van der Waals surface area contributed by atoms with Gasteiger partial charge in [-0.1, -0.05) is 0 Å². The predicted octanol–water partition coefficient (Wildman–Crippen LogP) is 3.57. The number of ether oxygens (including phenoxy) is 4. The lowest BCUT2D eigenvalue weighted by Crippen LogP contribution is -2.15. The zero-order chi connectivity index (χ0) is 20.8. The van der Waals surface area contributed by atoms with E-state index in [1.807, 2.05) is 6.92 Å². The fourth-order valence-electron chi connectivity index (χ4n) is 2.48. The molecule has 29 heavy (non-hydrogen) atoms. The van der Waals surface area contributed by atoms with Crippen LogP contribution in [0.2, 0.25) is 0 Å². The normalized spacial score (nSPS) is 14.5. The molecule has 2 aromatic rings.